The van der Waals surface area contributed by atoms with E-state index in [-0.39, 0.29) is 43.8 Å². The van der Waals surface area contributed by atoms with Gasteiger partial charge in [-0.2, -0.15) is 0 Å². The molecule has 2 amide bonds. The number of amides is 2. The molecule has 0 bridgehead atoms. The number of carbonyl (C=O) groups is 3. The highest BCUT2D eigenvalue weighted by molar-refractivity contribution is 5.82. The van der Waals surface area contributed by atoms with Gasteiger partial charge in [0.05, 0.1) is 18.9 Å². The standard InChI is InChI=1S/C25H28N2O6/c28-23(15-18-5-2-1-3-6-18)26-11-10-25(30)33-17-24(29)27-12-4-7-20(27)19-8-9-21-22(16-19)32-14-13-31-21/h1-3,5-6,8-9,16,20H,4,7,10-15,17H2,(H,26,28). The number of hydrogen-bond acceptors (Lipinski definition) is 6. The minimum absolute atomic E-state index is 0.0133. The lowest BCUT2D eigenvalue weighted by Gasteiger charge is -2.26. The van der Waals surface area contributed by atoms with E-state index in [1.54, 1.807) is 4.90 Å². The lowest BCUT2D eigenvalue weighted by atomic mass is 10.0. The van der Waals surface area contributed by atoms with Crippen molar-refractivity contribution in [1.82, 2.24) is 10.2 Å². The zero-order valence-corrected chi connectivity index (χ0v) is 18.5. The highest BCUT2D eigenvalue weighted by atomic mass is 16.6. The molecule has 0 aromatic heterocycles. The van der Waals surface area contributed by atoms with E-state index in [9.17, 15) is 14.4 Å². The smallest absolute Gasteiger partial charge is 0.308 e. The van der Waals surface area contributed by atoms with Gasteiger partial charge in [0.2, 0.25) is 5.91 Å². The normalized spacial score (nSPS) is 16.8. The summed E-state index contributed by atoms with van der Waals surface area (Å²) in [6.45, 7) is 1.51. The van der Waals surface area contributed by atoms with Crippen LogP contribution in [0.3, 0.4) is 0 Å². The molecule has 1 fully saturated rings. The summed E-state index contributed by atoms with van der Waals surface area (Å²) in [6, 6.07) is 15.0. The molecule has 8 nitrogen and oxygen atoms in total. The number of esters is 1. The van der Waals surface area contributed by atoms with Gasteiger partial charge in [-0.1, -0.05) is 36.4 Å². The number of hydrogen-bond donors (Lipinski definition) is 1. The van der Waals surface area contributed by atoms with E-state index >= 15 is 0 Å². The van der Waals surface area contributed by atoms with E-state index in [0.29, 0.717) is 31.3 Å². The Bertz CT molecular complexity index is 994. The van der Waals surface area contributed by atoms with E-state index in [4.69, 9.17) is 14.2 Å². The van der Waals surface area contributed by atoms with Crippen LogP contribution in [-0.2, 0) is 25.5 Å². The molecule has 1 saturated heterocycles. The van der Waals surface area contributed by atoms with Gasteiger partial charge in [-0.15, -0.1) is 0 Å². The average molecular weight is 453 g/mol. The van der Waals surface area contributed by atoms with Crippen molar-refractivity contribution < 1.29 is 28.6 Å². The number of likely N-dealkylation sites (tertiary alicyclic amines) is 1. The van der Waals surface area contributed by atoms with Gasteiger partial charge in [-0.3, -0.25) is 14.4 Å². The third-order valence-electron chi connectivity index (χ3n) is 5.74. The van der Waals surface area contributed by atoms with E-state index in [1.807, 2.05) is 48.5 Å². The van der Waals surface area contributed by atoms with Crippen molar-refractivity contribution in [3.05, 3.63) is 59.7 Å². The van der Waals surface area contributed by atoms with Gasteiger partial charge in [0.25, 0.3) is 5.91 Å². The quantitative estimate of drug-likeness (QED) is 0.619. The van der Waals surface area contributed by atoms with E-state index in [0.717, 1.165) is 24.0 Å². The van der Waals surface area contributed by atoms with Crippen LogP contribution in [-0.4, -0.2) is 55.6 Å². The molecule has 2 aliphatic heterocycles. The summed E-state index contributed by atoms with van der Waals surface area (Å²) in [5.74, 6) is 0.501. The first kappa shape index (κ1) is 22.6. The maximum atomic E-state index is 12.7. The topological polar surface area (TPSA) is 94.2 Å². The average Bonchev–Trinajstić information content (AvgIpc) is 3.33. The van der Waals surface area contributed by atoms with Crippen LogP contribution in [0, 0.1) is 0 Å². The molecule has 0 spiro atoms. The minimum Gasteiger partial charge on any atom is -0.486 e. The van der Waals surface area contributed by atoms with Crippen LogP contribution < -0.4 is 14.8 Å². The molecule has 2 aromatic rings. The van der Waals surface area contributed by atoms with Crippen LogP contribution in [0.4, 0.5) is 0 Å². The maximum absolute atomic E-state index is 12.7. The lowest BCUT2D eigenvalue weighted by Crippen LogP contribution is -2.34. The lowest BCUT2D eigenvalue weighted by molar-refractivity contribution is -0.152. The Kier molecular flexibility index (Phi) is 7.44. The van der Waals surface area contributed by atoms with Gasteiger partial charge in [0.1, 0.15) is 13.2 Å². The largest absolute Gasteiger partial charge is 0.486 e. The number of benzene rings is 2. The third-order valence-corrected chi connectivity index (χ3v) is 5.74. The summed E-state index contributed by atoms with van der Waals surface area (Å²) in [5, 5.41) is 2.70. The second-order valence-electron chi connectivity index (χ2n) is 8.07. The molecule has 0 aliphatic carbocycles. The van der Waals surface area contributed by atoms with E-state index < -0.39 is 5.97 Å². The molecule has 2 aliphatic rings. The molecular formula is C25H28N2O6. The van der Waals surface area contributed by atoms with E-state index in [2.05, 4.69) is 5.32 Å². The summed E-state index contributed by atoms with van der Waals surface area (Å²) >= 11 is 0. The fraction of sp³-hybridized carbons (Fsp3) is 0.400. The second-order valence-corrected chi connectivity index (χ2v) is 8.07. The molecule has 0 saturated carbocycles. The summed E-state index contributed by atoms with van der Waals surface area (Å²) in [7, 11) is 0. The van der Waals surface area contributed by atoms with Crippen LogP contribution in [0.25, 0.3) is 0 Å². The summed E-state index contributed by atoms with van der Waals surface area (Å²) in [4.78, 5) is 38.5. The van der Waals surface area contributed by atoms with E-state index in [1.165, 1.54) is 0 Å². The van der Waals surface area contributed by atoms with Crippen LogP contribution in [0.15, 0.2) is 48.5 Å². The second kappa shape index (κ2) is 10.8. The Morgan fingerprint density at radius 1 is 1.03 bits per heavy atom. The molecule has 2 aromatic carbocycles. The molecule has 174 valence electrons. The highest BCUT2D eigenvalue weighted by Gasteiger charge is 2.31. The first-order valence-corrected chi connectivity index (χ1v) is 11.3. The van der Waals surface area contributed by atoms with Gasteiger partial charge >= 0.3 is 5.97 Å². The van der Waals surface area contributed by atoms with Gasteiger partial charge in [0, 0.05) is 13.1 Å². The molecule has 33 heavy (non-hydrogen) atoms. The van der Waals surface area contributed by atoms with Crippen molar-refractivity contribution in [2.75, 3.05) is 32.9 Å². The van der Waals surface area contributed by atoms with Crippen molar-refractivity contribution in [1.29, 1.82) is 0 Å². The Morgan fingerprint density at radius 3 is 2.64 bits per heavy atom. The first-order chi connectivity index (χ1) is 16.1. The fourth-order valence-corrected chi connectivity index (χ4v) is 4.12. The summed E-state index contributed by atoms with van der Waals surface area (Å²) in [6.07, 6.45) is 1.99. The van der Waals surface area contributed by atoms with Crippen molar-refractivity contribution in [2.45, 2.75) is 31.7 Å². The number of ether oxygens (including phenoxy) is 3. The van der Waals surface area contributed by atoms with Gasteiger partial charge < -0.3 is 24.4 Å². The van der Waals surface area contributed by atoms with Crippen LogP contribution in [0.2, 0.25) is 0 Å². The molecule has 2 heterocycles. The number of nitrogens with one attached hydrogen (secondary N) is 1. The number of fused-ring (bicyclic) bond motifs is 1. The van der Waals surface area contributed by atoms with Crippen molar-refractivity contribution >= 4 is 17.8 Å². The zero-order valence-electron chi connectivity index (χ0n) is 18.5. The van der Waals surface area contributed by atoms with Crippen molar-refractivity contribution in [3.8, 4) is 11.5 Å². The Morgan fingerprint density at radius 2 is 1.82 bits per heavy atom. The number of carbonyl (C=O) groups excluding carboxylic acids is 3. The van der Waals surface area contributed by atoms with Gasteiger partial charge in [-0.25, -0.2) is 0 Å². The number of rotatable bonds is 8. The van der Waals surface area contributed by atoms with Crippen LogP contribution >= 0.6 is 0 Å². The van der Waals surface area contributed by atoms with Gasteiger partial charge in [-0.05, 0) is 36.1 Å². The Hall–Kier alpha value is -3.55. The minimum atomic E-state index is -0.515. The molecular weight excluding hydrogens is 424 g/mol. The van der Waals surface area contributed by atoms with Gasteiger partial charge in [0.15, 0.2) is 18.1 Å². The first-order valence-electron chi connectivity index (χ1n) is 11.3. The van der Waals surface area contributed by atoms with Crippen LogP contribution in [0.1, 0.15) is 36.4 Å². The predicted octanol–water partition coefficient (Wildman–Crippen LogP) is 2.41. The molecule has 1 atom stereocenters. The predicted molar refractivity (Wildman–Crippen MR) is 120 cm³/mol. The maximum Gasteiger partial charge on any atom is 0.308 e. The summed E-state index contributed by atoms with van der Waals surface area (Å²) in [5.41, 5.74) is 1.89. The van der Waals surface area contributed by atoms with Crippen molar-refractivity contribution in [3.63, 3.8) is 0 Å². The molecule has 1 unspecified atom stereocenters. The zero-order chi connectivity index (χ0) is 23.0. The highest BCUT2D eigenvalue weighted by Crippen LogP contribution is 2.38. The Balaban J connectivity index is 1.21. The number of nitrogens with zero attached hydrogens (tertiary/aromatic N) is 1. The van der Waals surface area contributed by atoms with Crippen molar-refractivity contribution in [2.24, 2.45) is 0 Å². The monoisotopic (exact) mass is 452 g/mol. The Labute approximate surface area is 192 Å². The molecule has 8 heteroatoms. The molecule has 0 radical (unpaired) electrons. The fourth-order valence-electron chi connectivity index (χ4n) is 4.12. The van der Waals surface area contributed by atoms with Crippen LogP contribution in [0.5, 0.6) is 11.5 Å². The molecule has 4 rings (SSSR count). The summed E-state index contributed by atoms with van der Waals surface area (Å²) < 4.78 is 16.4. The SMILES string of the molecule is O=C(Cc1ccccc1)NCCC(=O)OCC(=O)N1CCCC1c1ccc2c(c1)OCCO2. The third kappa shape index (κ3) is 6.03. The molecule has 1 N–H and O–H groups in total.